The Morgan fingerprint density at radius 1 is 0.974 bits per heavy atom. The molecule has 5 rings (SSSR count). The van der Waals surface area contributed by atoms with Gasteiger partial charge in [-0.2, -0.15) is 0 Å². The van der Waals surface area contributed by atoms with Gasteiger partial charge >= 0.3 is 5.97 Å². The zero-order valence-electron chi connectivity index (χ0n) is 22.4. The topological polar surface area (TPSA) is 86.7 Å². The number of carbonyl (C=O) groups is 3. The zero-order valence-corrected chi connectivity index (χ0v) is 22.4. The predicted molar refractivity (Wildman–Crippen MR) is 149 cm³/mol. The highest BCUT2D eigenvalue weighted by atomic mass is 16.4. The monoisotopic (exact) mass is 514 g/mol. The molecule has 1 aliphatic carbocycles. The number of hydrogen-bond donors (Lipinski definition) is 2. The van der Waals surface area contributed by atoms with Crippen molar-refractivity contribution in [3.63, 3.8) is 0 Å². The van der Waals surface area contributed by atoms with Crippen molar-refractivity contribution in [2.75, 3.05) is 4.90 Å². The van der Waals surface area contributed by atoms with Crippen molar-refractivity contribution in [2.45, 2.75) is 76.8 Å². The second kappa shape index (κ2) is 10.9. The predicted octanol–water partition coefficient (Wildman–Crippen LogP) is 5.40. The Bertz CT molecular complexity index is 1210. The van der Waals surface area contributed by atoms with Gasteiger partial charge in [-0.05, 0) is 41.9 Å². The molecule has 3 aliphatic rings. The number of hydrogen-bond acceptors (Lipinski definition) is 4. The van der Waals surface area contributed by atoms with Gasteiger partial charge in [-0.1, -0.05) is 107 Å². The largest absolute Gasteiger partial charge is 0.480 e. The molecule has 6 heteroatoms. The molecule has 1 saturated carbocycles. The van der Waals surface area contributed by atoms with Crippen molar-refractivity contribution in [1.82, 2.24) is 5.32 Å². The van der Waals surface area contributed by atoms with Gasteiger partial charge in [0.1, 0.15) is 5.54 Å². The van der Waals surface area contributed by atoms with Crippen LogP contribution in [0.15, 0.2) is 54.6 Å². The molecule has 0 spiro atoms. The van der Waals surface area contributed by atoms with Crippen LogP contribution in [0.3, 0.4) is 0 Å². The van der Waals surface area contributed by atoms with E-state index in [4.69, 9.17) is 0 Å². The Hall–Kier alpha value is -3.25. The van der Waals surface area contributed by atoms with Crippen molar-refractivity contribution in [1.29, 1.82) is 0 Å². The summed E-state index contributed by atoms with van der Waals surface area (Å²) in [7, 11) is 0. The molecule has 4 unspecified atom stereocenters. The van der Waals surface area contributed by atoms with Gasteiger partial charge in [0.2, 0.25) is 11.8 Å². The van der Waals surface area contributed by atoms with E-state index in [0.29, 0.717) is 24.9 Å². The Kier molecular flexibility index (Phi) is 7.53. The van der Waals surface area contributed by atoms with Gasteiger partial charge in [0.15, 0.2) is 0 Å². The van der Waals surface area contributed by atoms with Crippen molar-refractivity contribution >= 4 is 29.5 Å². The van der Waals surface area contributed by atoms with Crippen LogP contribution < -0.4 is 10.2 Å². The molecule has 2 aliphatic heterocycles. The van der Waals surface area contributed by atoms with E-state index in [1.165, 1.54) is 4.90 Å². The Balaban J connectivity index is 1.61. The maximum absolute atomic E-state index is 14.3. The molecule has 0 aromatic heterocycles. The number of para-hydroxylation sites is 1. The number of aliphatic carboxylic acids is 1. The molecule has 200 valence electrons. The quantitative estimate of drug-likeness (QED) is 0.461. The molecule has 0 radical (unpaired) electrons. The van der Waals surface area contributed by atoms with E-state index >= 15 is 0 Å². The van der Waals surface area contributed by atoms with E-state index in [2.05, 4.69) is 5.32 Å². The first kappa shape index (κ1) is 26.4. The summed E-state index contributed by atoms with van der Waals surface area (Å²) in [5.41, 5.74) is 2.01. The Morgan fingerprint density at radius 2 is 1.63 bits per heavy atom. The number of anilines is 1. The fourth-order valence-electron chi connectivity index (χ4n) is 7.03. The first-order chi connectivity index (χ1) is 18.4. The van der Waals surface area contributed by atoms with Crippen LogP contribution in [0.1, 0.15) is 69.1 Å². The summed E-state index contributed by atoms with van der Waals surface area (Å²) in [6.45, 7) is 4.03. The molecule has 2 aromatic rings. The number of carboxylic acid groups (broad SMARTS) is 1. The number of rotatable bonds is 8. The lowest BCUT2D eigenvalue weighted by molar-refractivity contribution is -0.150. The number of carboxylic acids is 1. The molecule has 2 amide bonds. The Labute approximate surface area is 225 Å². The van der Waals surface area contributed by atoms with Crippen LogP contribution in [0.4, 0.5) is 5.69 Å². The molecule has 2 saturated heterocycles. The lowest BCUT2D eigenvalue weighted by atomic mass is 9.72. The van der Waals surface area contributed by atoms with Gasteiger partial charge in [0.25, 0.3) is 0 Å². The number of aryl methyl sites for hydroxylation is 2. The molecular weight excluding hydrogens is 476 g/mol. The summed E-state index contributed by atoms with van der Waals surface area (Å²) in [5.74, 6) is -3.20. The first-order valence-electron chi connectivity index (χ1n) is 14.1. The fourth-order valence-corrected chi connectivity index (χ4v) is 7.03. The van der Waals surface area contributed by atoms with Crippen molar-refractivity contribution < 1.29 is 19.5 Å². The van der Waals surface area contributed by atoms with E-state index in [0.717, 1.165) is 48.8 Å². The van der Waals surface area contributed by atoms with E-state index in [1.807, 2.05) is 74.5 Å². The summed E-state index contributed by atoms with van der Waals surface area (Å²) >= 11 is 0. The summed E-state index contributed by atoms with van der Waals surface area (Å²) in [6.07, 6.45) is 10.8. The molecule has 2 heterocycles. The van der Waals surface area contributed by atoms with Gasteiger partial charge in [0.05, 0.1) is 17.5 Å². The van der Waals surface area contributed by atoms with Crippen LogP contribution >= 0.6 is 0 Å². The third kappa shape index (κ3) is 4.49. The summed E-state index contributed by atoms with van der Waals surface area (Å²) in [6, 6.07) is 15.1. The summed E-state index contributed by atoms with van der Waals surface area (Å²) in [5, 5.41) is 14.1. The highest BCUT2D eigenvalue weighted by Gasteiger charge is 2.68. The fraction of sp³-hybridized carbons (Fsp3) is 0.469. The van der Waals surface area contributed by atoms with E-state index in [-0.39, 0.29) is 17.7 Å². The molecule has 2 N–H and O–H groups in total. The minimum Gasteiger partial charge on any atom is -0.480 e. The average molecular weight is 515 g/mol. The average Bonchev–Trinajstić information content (AvgIpc) is 3.41. The maximum Gasteiger partial charge on any atom is 0.324 e. The molecular formula is C32H38N2O4. The standard InChI is InChI=1S/C32H38N2O4/c1-3-23-16-11-17-24(4-2)28(23)34-29(35)26-25(19-18-21-12-7-5-8-13-21)33-32(31(37)38,27(26)30(34)36)20-22-14-9-6-10-15-22/h5,7-8,11-13,16-19,22,25-27,33H,3-4,6,9-10,14-15,20H2,1-2H3,(H,37,38)/b19-18+. The number of fused-ring (bicyclic) bond motifs is 1. The van der Waals surface area contributed by atoms with Crippen molar-refractivity contribution in [2.24, 2.45) is 17.8 Å². The van der Waals surface area contributed by atoms with Crippen LogP contribution in [0.2, 0.25) is 0 Å². The molecule has 38 heavy (non-hydrogen) atoms. The van der Waals surface area contributed by atoms with Gasteiger partial charge in [-0.3, -0.25) is 19.7 Å². The van der Waals surface area contributed by atoms with E-state index in [9.17, 15) is 19.5 Å². The SMILES string of the molecule is CCc1cccc(CC)c1N1C(=O)C2C(/C=C/c3ccccc3)NC(CC3CCCCC3)(C(=O)O)C2C1=O. The number of carbonyl (C=O) groups excluding carboxylic acids is 2. The molecule has 2 aromatic carbocycles. The molecule has 6 nitrogen and oxygen atoms in total. The second-order valence-electron chi connectivity index (χ2n) is 11.1. The number of nitrogens with one attached hydrogen (secondary N) is 1. The summed E-state index contributed by atoms with van der Waals surface area (Å²) in [4.78, 5) is 43.0. The van der Waals surface area contributed by atoms with Crippen LogP contribution in [0, 0.1) is 17.8 Å². The Morgan fingerprint density at radius 3 is 2.24 bits per heavy atom. The number of benzene rings is 2. The van der Waals surface area contributed by atoms with Crippen LogP contribution in [0.25, 0.3) is 6.08 Å². The van der Waals surface area contributed by atoms with Crippen LogP contribution in [0.5, 0.6) is 0 Å². The molecule has 3 fully saturated rings. The van der Waals surface area contributed by atoms with E-state index in [1.54, 1.807) is 0 Å². The number of nitrogens with zero attached hydrogens (tertiary/aromatic N) is 1. The van der Waals surface area contributed by atoms with Gasteiger partial charge in [0, 0.05) is 6.04 Å². The third-order valence-electron chi connectivity index (χ3n) is 8.89. The van der Waals surface area contributed by atoms with Crippen molar-refractivity contribution in [3.8, 4) is 0 Å². The maximum atomic E-state index is 14.3. The highest BCUT2D eigenvalue weighted by Crippen LogP contribution is 2.49. The molecule has 0 bridgehead atoms. The zero-order chi connectivity index (χ0) is 26.9. The lowest BCUT2D eigenvalue weighted by Gasteiger charge is -2.35. The van der Waals surface area contributed by atoms with E-state index < -0.39 is 29.4 Å². The second-order valence-corrected chi connectivity index (χ2v) is 11.1. The first-order valence-corrected chi connectivity index (χ1v) is 14.1. The third-order valence-corrected chi connectivity index (χ3v) is 8.89. The smallest absolute Gasteiger partial charge is 0.324 e. The lowest BCUT2D eigenvalue weighted by Crippen LogP contribution is -2.57. The minimum absolute atomic E-state index is 0.218. The number of imide groups is 1. The summed E-state index contributed by atoms with van der Waals surface area (Å²) < 4.78 is 0. The molecule has 4 atom stereocenters. The van der Waals surface area contributed by atoms with Crippen molar-refractivity contribution in [3.05, 3.63) is 71.3 Å². The minimum atomic E-state index is -1.48. The van der Waals surface area contributed by atoms with Gasteiger partial charge in [-0.15, -0.1) is 0 Å². The highest BCUT2D eigenvalue weighted by molar-refractivity contribution is 6.25. The van der Waals surface area contributed by atoms with Gasteiger partial charge < -0.3 is 5.11 Å². The number of amides is 2. The van der Waals surface area contributed by atoms with Gasteiger partial charge in [-0.25, -0.2) is 4.90 Å². The normalized spacial score (nSPS) is 27.8. The van der Waals surface area contributed by atoms with Crippen LogP contribution in [-0.2, 0) is 27.2 Å². The van der Waals surface area contributed by atoms with Crippen LogP contribution in [-0.4, -0.2) is 34.5 Å².